The van der Waals surface area contributed by atoms with Crippen molar-refractivity contribution in [2.75, 3.05) is 6.61 Å². The molecule has 1 aromatic carbocycles. The fourth-order valence-electron chi connectivity index (χ4n) is 1.54. The number of ether oxygens (including phenoxy) is 1. The molecule has 0 heterocycles. The van der Waals surface area contributed by atoms with Gasteiger partial charge in [-0.25, -0.2) is 0 Å². The molecule has 1 rings (SSSR count). The molecule has 0 spiro atoms. The van der Waals surface area contributed by atoms with Crippen LogP contribution in [0.2, 0.25) is 0 Å². The Morgan fingerprint density at radius 2 is 2.19 bits per heavy atom. The van der Waals surface area contributed by atoms with Gasteiger partial charge in [-0.15, -0.1) is 0 Å². The fourth-order valence-corrected chi connectivity index (χ4v) is 1.92. The summed E-state index contributed by atoms with van der Waals surface area (Å²) >= 11 is 3.39. The zero-order valence-electron chi connectivity index (χ0n) is 9.66. The van der Waals surface area contributed by atoms with Crippen LogP contribution in [0.5, 0.6) is 5.75 Å². The van der Waals surface area contributed by atoms with Gasteiger partial charge in [-0.2, -0.15) is 0 Å². The molecule has 16 heavy (non-hydrogen) atoms. The van der Waals surface area contributed by atoms with Gasteiger partial charge in [0.05, 0.1) is 12.7 Å². The number of halogens is 1. The Bertz CT molecular complexity index is 302. The molecule has 90 valence electrons. The average molecular weight is 287 g/mol. The lowest BCUT2D eigenvalue weighted by Gasteiger charge is -2.10. The van der Waals surface area contributed by atoms with E-state index >= 15 is 0 Å². The molecule has 1 aromatic rings. The van der Waals surface area contributed by atoms with Crippen LogP contribution < -0.4 is 4.74 Å². The Labute approximate surface area is 106 Å². The van der Waals surface area contributed by atoms with Gasteiger partial charge in [0.25, 0.3) is 0 Å². The van der Waals surface area contributed by atoms with Crippen molar-refractivity contribution >= 4 is 15.9 Å². The topological polar surface area (TPSA) is 29.5 Å². The lowest BCUT2D eigenvalue weighted by molar-refractivity contribution is 0.142. The van der Waals surface area contributed by atoms with Gasteiger partial charge in [-0.1, -0.05) is 35.3 Å². The highest BCUT2D eigenvalue weighted by atomic mass is 79.9. The summed E-state index contributed by atoms with van der Waals surface area (Å²) < 4.78 is 6.60. The Balaban J connectivity index is 2.16. The van der Waals surface area contributed by atoms with Crippen molar-refractivity contribution in [1.82, 2.24) is 0 Å². The third-order valence-electron chi connectivity index (χ3n) is 2.37. The molecule has 0 amide bonds. The lowest BCUT2D eigenvalue weighted by Crippen LogP contribution is -2.08. The minimum Gasteiger partial charge on any atom is -0.494 e. The zero-order chi connectivity index (χ0) is 11.8. The molecule has 0 aliphatic heterocycles. The Morgan fingerprint density at radius 3 is 2.88 bits per heavy atom. The van der Waals surface area contributed by atoms with E-state index in [2.05, 4.69) is 22.9 Å². The Kier molecular flexibility index (Phi) is 6.50. The SMILES string of the molecule is CCCC(O)CCCOc1cccc(Br)c1. The molecule has 1 N–H and O–H groups in total. The second-order valence-electron chi connectivity index (χ2n) is 3.89. The van der Waals surface area contributed by atoms with E-state index in [1.807, 2.05) is 24.3 Å². The van der Waals surface area contributed by atoms with Crippen molar-refractivity contribution in [1.29, 1.82) is 0 Å². The van der Waals surface area contributed by atoms with Gasteiger partial charge in [0.1, 0.15) is 5.75 Å². The quantitative estimate of drug-likeness (QED) is 0.773. The minimum atomic E-state index is -0.170. The summed E-state index contributed by atoms with van der Waals surface area (Å²) in [6.07, 6.45) is 3.47. The van der Waals surface area contributed by atoms with Crippen molar-refractivity contribution < 1.29 is 9.84 Å². The van der Waals surface area contributed by atoms with Crippen LogP contribution in [0.3, 0.4) is 0 Å². The molecule has 0 aromatic heterocycles. The van der Waals surface area contributed by atoms with Gasteiger partial charge in [0.15, 0.2) is 0 Å². The van der Waals surface area contributed by atoms with Crippen LogP contribution in [0, 0.1) is 0 Å². The largest absolute Gasteiger partial charge is 0.494 e. The van der Waals surface area contributed by atoms with E-state index in [1.165, 1.54) is 0 Å². The van der Waals surface area contributed by atoms with Crippen LogP contribution in [-0.4, -0.2) is 17.8 Å². The summed E-state index contributed by atoms with van der Waals surface area (Å²) in [6.45, 7) is 2.75. The standard InChI is InChI=1S/C13H19BrO2/c1-2-5-12(15)7-4-9-16-13-8-3-6-11(14)10-13/h3,6,8,10,12,15H,2,4-5,7,9H2,1H3. The summed E-state index contributed by atoms with van der Waals surface area (Å²) in [6, 6.07) is 7.80. The molecule has 0 bridgehead atoms. The number of hydrogen-bond acceptors (Lipinski definition) is 2. The maximum absolute atomic E-state index is 9.53. The van der Waals surface area contributed by atoms with Crippen molar-refractivity contribution in [2.24, 2.45) is 0 Å². The first-order valence-electron chi connectivity index (χ1n) is 5.78. The lowest BCUT2D eigenvalue weighted by atomic mass is 10.1. The summed E-state index contributed by atoms with van der Waals surface area (Å²) in [4.78, 5) is 0. The average Bonchev–Trinajstić information content (AvgIpc) is 2.25. The number of benzene rings is 1. The van der Waals surface area contributed by atoms with E-state index in [-0.39, 0.29) is 6.10 Å². The summed E-state index contributed by atoms with van der Waals surface area (Å²) in [5, 5.41) is 9.53. The molecule has 1 unspecified atom stereocenters. The number of aliphatic hydroxyl groups excluding tert-OH is 1. The zero-order valence-corrected chi connectivity index (χ0v) is 11.2. The van der Waals surface area contributed by atoms with Crippen molar-refractivity contribution in [3.8, 4) is 5.75 Å². The highest BCUT2D eigenvalue weighted by molar-refractivity contribution is 9.10. The highest BCUT2D eigenvalue weighted by Gasteiger charge is 2.02. The molecule has 0 radical (unpaired) electrons. The van der Waals surface area contributed by atoms with Gasteiger partial charge in [0, 0.05) is 4.47 Å². The van der Waals surface area contributed by atoms with E-state index in [1.54, 1.807) is 0 Å². The number of aliphatic hydroxyl groups is 1. The minimum absolute atomic E-state index is 0.170. The van der Waals surface area contributed by atoms with Crippen LogP contribution in [0.1, 0.15) is 32.6 Å². The van der Waals surface area contributed by atoms with E-state index in [0.29, 0.717) is 6.61 Å². The first-order chi connectivity index (χ1) is 7.72. The summed E-state index contributed by atoms with van der Waals surface area (Å²) in [5.41, 5.74) is 0. The smallest absolute Gasteiger partial charge is 0.120 e. The molecule has 0 saturated heterocycles. The molecule has 3 heteroatoms. The second kappa shape index (κ2) is 7.69. The molecular formula is C13H19BrO2. The van der Waals surface area contributed by atoms with Crippen LogP contribution in [0.25, 0.3) is 0 Å². The molecule has 0 aliphatic rings. The third kappa shape index (κ3) is 5.52. The fraction of sp³-hybridized carbons (Fsp3) is 0.538. The predicted molar refractivity (Wildman–Crippen MR) is 69.8 cm³/mol. The molecular weight excluding hydrogens is 268 g/mol. The first kappa shape index (κ1) is 13.5. The number of hydrogen-bond donors (Lipinski definition) is 1. The van der Waals surface area contributed by atoms with E-state index in [0.717, 1.165) is 35.9 Å². The molecule has 0 aliphatic carbocycles. The van der Waals surface area contributed by atoms with Crippen LogP contribution in [0.15, 0.2) is 28.7 Å². The van der Waals surface area contributed by atoms with Crippen LogP contribution in [-0.2, 0) is 0 Å². The van der Waals surface area contributed by atoms with Crippen LogP contribution in [0.4, 0.5) is 0 Å². The Morgan fingerprint density at radius 1 is 1.38 bits per heavy atom. The van der Waals surface area contributed by atoms with Crippen LogP contribution >= 0.6 is 15.9 Å². The number of rotatable bonds is 7. The van der Waals surface area contributed by atoms with Gasteiger partial charge >= 0.3 is 0 Å². The summed E-state index contributed by atoms with van der Waals surface area (Å²) in [7, 11) is 0. The van der Waals surface area contributed by atoms with Gasteiger partial charge in [-0.3, -0.25) is 0 Å². The summed E-state index contributed by atoms with van der Waals surface area (Å²) in [5.74, 6) is 0.874. The predicted octanol–water partition coefficient (Wildman–Crippen LogP) is 3.77. The van der Waals surface area contributed by atoms with Gasteiger partial charge in [-0.05, 0) is 37.5 Å². The molecule has 0 fully saturated rings. The Hall–Kier alpha value is -0.540. The van der Waals surface area contributed by atoms with Gasteiger partial charge < -0.3 is 9.84 Å². The monoisotopic (exact) mass is 286 g/mol. The van der Waals surface area contributed by atoms with Crippen molar-refractivity contribution in [3.63, 3.8) is 0 Å². The third-order valence-corrected chi connectivity index (χ3v) is 2.86. The molecule has 2 nitrogen and oxygen atoms in total. The van der Waals surface area contributed by atoms with E-state index in [4.69, 9.17) is 4.74 Å². The van der Waals surface area contributed by atoms with E-state index in [9.17, 15) is 5.11 Å². The first-order valence-corrected chi connectivity index (χ1v) is 6.58. The second-order valence-corrected chi connectivity index (χ2v) is 4.81. The maximum Gasteiger partial charge on any atom is 0.120 e. The normalized spacial score (nSPS) is 12.4. The van der Waals surface area contributed by atoms with Crippen molar-refractivity contribution in [2.45, 2.75) is 38.7 Å². The van der Waals surface area contributed by atoms with E-state index < -0.39 is 0 Å². The van der Waals surface area contributed by atoms with Crippen molar-refractivity contribution in [3.05, 3.63) is 28.7 Å². The highest BCUT2D eigenvalue weighted by Crippen LogP contribution is 2.18. The molecule has 1 atom stereocenters. The molecule has 0 saturated carbocycles. The maximum atomic E-state index is 9.53. The van der Waals surface area contributed by atoms with Gasteiger partial charge in [0.2, 0.25) is 0 Å².